The first-order chi connectivity index (χ1) is 10.7. The Morgan fingerprint density at radius 3 is 3.00 bits per heavy atom. The van der Waals surface area contributed by atoms with Crippen LogP contribution in [-0.2, 0) is 11.3 Å². The molecule has 2 heterocycles. The summed E-state index contributed by atoms with van der Waals surface area (Å²) in [6.07, 6.45) is 1.35. The number of benzene rings is 1. The maximum Gasteiger partial charge on any atom is 0.338 e. The van der Waals surface area contributed by atoms with Crippen molar-refractivity contribution >= 4 is 28.8 Å². The topological polar surface area (TPSA) is 79.2 Å². The zero-order valence-electron chi connectivity index (χ0n) is 11.3. The Balaban J connectivity index is 1.81. The molecule has 1 aliphatic rings. The molecule has 0 saturated carbocycles. The minimum Gasteiger partial charge on any atom is -0.457 e. The molecule has 1 aromatic carbocycles. The minimum atomic E-state index is -0.363. The number of cyclic esters (lactones) is 1. The van der Waals surface area contributed by atoms with Crippen molar-refractivity contribution in [2.24, 2.45) is 0 Å². The van der Waals surface area contributed by atoms with E-state index >= 15 is 0 Å². The number of ether oxygens (including phenoxy) is 1. The van der Waals surface area contributed by atoms with Gasteiger partial charge in [0, 0.05) is 17.5 Å². The van der Waals surface area contributed by atoms with Crippen molar-refractivity contribution in [3.8, 4) is 6.07 Å². The van der Waals surface area contributed by atoms with E-state index in [1.165, 1.54) is 17.5 Å². The van der Waals surface area contributed by atoms with Gasteiger partial charge >= 0.3 is 5.97 Å². The van der Waals surface area contributed by atoms with Crippen LogP contribution in [0, 0.1) is 11.3 Å². The lowest BCUT2D eigenvalue weighted by Gasteiger charge is -2.03. The molecule has 1 aromatic heterocycles. The predicted octanol–water partition coefficient (Wildman–Crippen LogP) is 3.12. The van der Waals surface area contributed by atoms with Crippen molar-refractivity contribution in [2.75, 3.05) is 5.32 Å². The van der Waals surface area contributed by atoms with Gasteiger partial charge in [-0.15, -0.1) is 11.3 Å². The van der Waals surface area contributed by atoms with Gasteiger partial charge < -0.3 is 10.1 Å². The molecular formula is C16H10N2O3S. The smallest absolute Gasteiger partial charge is 0.338 e. The minimum absolute atomic E-state index is 0.00512. The highest BCUT2D eigenvalue weighted by atomic mass is 32.1. The number of allylic oxidation sites excluding steroid dienone is 1. The number of fused-ring (bicyclic) bond motifs is 1. The van der Waals surface area contributed by atoms with Gasteiger partial charge in [0.1, 0.15) is 18.2 Å². The third-order valence-corrected chi connectivity index (χ3v) is 4.05. The molecule has 1 aliphatic heterocycles. The quantitative estimate of drug-likeness (QED) is 0.406. The molecule has 0 saturated heterocycles. The number of ketones is 1. The van der Waals surface area contributed by atoms with Gasteiger partial charge in [0.05, 0.1) is 10.4 Å². The Hall–Kier alpha value is -2.91. The fourth-order valence-corrected chi connectivity index (χ4v) is 2.73. The van der Waals surface area contributed by atoms with Gasteiger partial charge in [-0.1, -0.05) is 12.1 Å². The number of hydrogen-bond donors (Lipinski definition) is 1. The van der Waals surface area contributed by atoms with Gasteiger partial charge in [-0.2, -0.15) is 5.26 Å². The highest BCUT2D eigenvalue weighted by molar-refractivity contribution is 7.12. The van der Waals surface area contributed by atoms with Gasteiger partial charge in [0.15, 0.2) is 0 Å². The second-order valence-electron chi connectivity index (χ2n) is 4.57. The molecule has 0 spiro atoms. The molecule has 6 heteroatoms. The molecule has 0 atom stereocenters. The maximum absolute atomic E-state index is 12.1. The third kappa shape index (κ3) is 2.62. The number of nitriles is 1. The summed E-state index contributed by atoms with van der Waals surface area (Å²) in [6, 6.07) is 10.5. The number of anilines is 1. The lowest BCUT2D eigenvalue weighted by atomic mass is 10.1. The van der Waals surface area contributed by atoms with Crippen LogP contribution in [-0.4, -0.2) is 11.8 Å². The van der Waals surface area contributed by atoms with Crippen molar-refractivity contribution in [1.82, 2.24) is 0 Å². The Kier molecular flexibility index (Phi) is 3.73. The molecule has 0 unspecified atom stereocenters. The number of rotatable bonds is 4. The van der Waals surface area contributed by atoms with E-state index < -0.39 is 0 Å². The molecule has 0 amide bonds. The Morgan fingerprint density at radius 2 is 2.27 bits per heavy atom. The van der Waals surface area contributed by atoms with Gasteiger partial charge in [0.25, 0.3) is 0 Å². The monoisotopic (exact) mass is 310 g/mol. The average Bonchev–Trinajstić information content (AvgIpc) is 3.18. The molecule has 3 rings (SSSR count). The number of carbonyl (C=O) groups is 2. The number of thiophene rings is 1. The van der Waals surface area contributed by atoms with E-state index in [1.54, 1.807) is 35.7 Å². The number of carbonyl (C=O) groups excluding carboxylic acids is 2. The molecule has 0 radical (unpaired) electrons. The van der Waals surface area contributed by atoms with E-state index in [9.17, 15) is 9.59 Å². The summed E-state index contributed by atoms with van der Waals surface area (Å²) in [7, 11) is 0. The van der Waals surface area contributed by atoms with Crippen molar-refractivity contribution in [3.63, 3.8) is 0 Å². The first-order valence-electron chi connectivity index (χ1n) is 6.44. The van der Waals surface area contributed by atoms with Gasteiger partial charge in [-0.25, -0.2) is 4.79 Å². The van der Waals surface area contributed by atoms with Crippen molar-refractivity contribution in [3.05, 3.63) is 63.5 Å². The third-order valence-electron chi connectivity index (χ3n) is 3.18. The Labute approximate surface area is 130 Å². The van der Waals surface area contributed by atoms with Crippen LogP contribution in [0.1, 0.15) is 25.6 Å². The van der Waals surface area contributed by atoms with E-state index in [2.05, 4.69) is 5.32 Å². The standard InChI is InChI=1S/C16H10N2O3S/c17-7-11(15(19)14-2-1-5-22-14)8-18-12-4-3-10-9-21-16(20)13(10)6-12/h1-6,8,18H,9H2/b11-8+. The van der Waals surface area contributed by atoms with E-state index in [-0.39, 0.29) is 23.9 Å². The second-order valence-corrected chi connectivity index (χ2v) is 5.52. The summed E-state index contributed by atoms with van der Waals surface area (Å²) >= 11 is 1.28. The number of hydrogen-bond acceptors (Lipinski definition) is 6. The van der Waals surface area contributed by atoms with Gasteiger partial charge in [-0.3, -0.25) is 4.79 Å². The Bertz CT molecular complexity index is 816. The van der Waals surface area contributed by atoms with Gasteiger partial charge in [0.2, 0.25) is 5.78 Å². The van der Waals surface area contributed by atoms with Crippen LogP contribution in [0.4, 0.5) is 5.69 Å². The SMILES string of the molecule is N#C/C(=C\Nc1ccc2c(c1)C(=O)OC2)C(=O)c1cccs1. The van der Waals surface area contributed by atoms with E-state index in [1.807, 2.05) is 6.07 Å². The molecule has 22 heavy (non-hydrogen) atoms. The van der Waals surface area contributed by atoms with Crippen LogP contribution in [0.2, 0.25) is 0 Å². The molecule has 0 bridgehead atoms. The molecule has 0 aliphatic carbocycles. The van der Waals surface area contributed by atoms with Crippen LogP contribution >= 0.6 is 11.3 Å². The van der Waals surface area contributed by atoms with Crippen LogP contribution in [0.25, 0.3) is 0 Å². The second kappa shape index (κ2) is 5.84. The fourth-order valence-electron chi connectivity index (χ4n) is 2.05. The summed E-state index contributed by atoms with van der Waals surface area (Å²) in [6.45, 7) is 0.282. The lowest BCUT2D eigenvalue weighted by molar-refractivity contribution is 0.0535. The maximum atomic E-state index is 12.1. The number of Topliss-reactive ketones (excluding diaryl/α,β-unsaturated/α-hetero) is 1. The summed E-state index contributed by atoms with van der Waals surface area (Å²) < 4.78 is 4.93. The van der Waals surface area contributed by atoms with Crippen molar-refractivity contribution in [2.45, 2.75) is 6.61 Å². The first kappa shape index (κ1) is 14.0. The molecule has 5 nitrogen and oxygen atoms in total. The first-order valence-corrected chi connectivity index (χ1v) is 7.32. The normalized spacial score (nSPS) is 13.2. The highest BCUT2D eigenvalue weighted by Crippen LogP contribution is 2.23. The zero-order valence-corrected chi connectivity index (χ0v) is 12.1. The average molecular weight is 310 g/mol. The highest BCUT2D eigenvalue weighted by Gasteiger charge is 2.21. The van der Waals surface area contributed by atoms with Crippen LogP contribution in [0.5, 0.6) is 0 Å². The van der Waals surface area contributed by atoms with E-state index in [0.29, 0.717) is 16.1 Å². The van der Waals surface area contributed by atoms with Gasteiger partial charge in [-0.05, 0) is 23.6 Å². The van der Waals surface area contributed by atoms with Crippen LogP contribution in [0.15, 0.2) is 47.5 Å². The molecule has 108 valence electrons. The summed E-state index contributed by atoms with van der Waals surface area (Å²) in [4.78, 5) is 24.1. The largest absolute Gasteiger partial charge is 0.457 e. The van der Waals surface area contributed by atoms with Crippen molar-refractivity contribution in [1.29, 1.82) is 5.26 Å². The summed E-state index contributed by atoms with van der Waals surface area (Å²) in [5.74, 6) is -0.691. The summed E-state index contributed by atoms with van der Waals surface area (Å²) in [5, 5.41) is 13.8. The Morgan fingerprint density at radius 1 is 1.41 bits per heavy atom. The van der Waals surface area contributed by atoms with Crippen molar-refractivity contribution < 1.29 is 14.3 Å². The van der Waals surface area contributed by atoms with E-state index in [0.717, 1.165) is 5.56 Å². The zero-order chi connectivity index (χ0) is 15.5. The predicted molar refractivity (Wildman–Crippen MR) is 81.5 cm³/mol. The fraction of sp³-hybridized carbons (Fsp3) is 0.0625. The number of nitrogens with zero attached hydrogens (tertiary/aromatic N) is 1. The molecule has 1 N–H and O–H groups in total. The molecule has 0 fully saturated rings. The summed E-state index contributed by atoms with van der Waals surface area (Å²) in [5.41, 5.74) is 1.95. The lowest BCUT2D eigenvalue weighted by Crippen LogP contribution is -2.02. The molecular weight excluding hydrogens is 300 g/mol. The number of esters is 1. The van der Waals surface area contributed by atoms with Crippen LogP contribution < -0.4 is 5.32 Å². The van der Waals surface area contributed by atoms with E-state index in [4.69, 9.17) is 10.00 Å². The number of nitrogens with one attached hydrogen (secondary N) is 1. The molecule has 2 aromatic rings. The van der Waals surface area contributed by atoms with Crippen LogP contribution in [0.3, 0.4) is 0 Å².